The molecule has 4 nitrogen and oxygen atoms in total. The fraction of sp³-hybridized carbons (Fsp3) is 0.562. The van der Waals surface area contributed by atoms with Crippen LogP contribution in [0.2, 0.25) is 0 Å². The predicted molar refractivity (Wildman–Crippen MR) is 77.8 cm³/mol. The van der Waals surface area contributed by atoms with Gasteiger partial charge in [0.15, 0.2) is 0 Å². The molecule has 20 heavy (non-hydrogen) atoms. The highest BCUT2D eigenvalue weighted by Gasteiger charge is 2.52. The molecule has 1 amide bonds. The molecule has 0 radical (unpaired) electrons. The lowest BCUT2D eigenvalue weighted by atomic mass is 9.61. The molecule has 1 fully saturated rings. The van der Waals surface area contributed by atoms with Crippen LogP contribution >= 0.6 is 0 Å². The highest BCUT2D eigenvalue weighted by molar-refractivity contribution is 5.89. The van der Waals surface area contributed by atoms with Crippen LogP contribution in [-0.2, 0) is 10.2 Å². The summed E-state index contributed by atoms with van der Waals surface area (Å²) in [5.74, 6) is 0.858. The Morgan fingerprint density at radius 3 is 2.55 bits per heavy atom. The molecule has 0 bridgehead atoms. The Bertz CT molecular complexity index is 476. The van der Waals surface area contributed by atoms with E-state index in [-0.39, 0.29) is 12.0 Å². The molecule has 0 unspecified atom stereocenters. The number of carbonyl (C=O) groups excluding carboxylic acids is 1. The van der Waals surface area contributed by atoms with Gasteiger partial charge in [0.05, 0.1) is 18.6 Å². The van der Waals surface area contributed by atoms with Gasteiger partial charge in [0.25, 0.3) is 0 Å². The van der Waals surface area contributed by atoms with E-state index in [1.165, 1.54) is 0 Å². The van der Waals surface area contributed by atoms with Crippen molar-refractivity contribution in [2.45, 2.75) is 38.2 Å². The van der Waals surface area contributed by atoms with E-state index in [9.17, 15) is 9.90 Å². The topological polar surface area (TPSA) is 49.8 Å². The van der Waals surface area contributed by atoms with Gasteiger partial charge in [0.2, 0.25) is 5.91 Å². The van der Waals surface area contributed by atoms with Crippen LogP contribution in [0.25, 0.3) is 0 Å². The quantitative estimate of drug-likeness (QED) is 0.895. The summed E-state index contributed by atoms with van der Waals surface area (Å²) >= 11 is 0. The normalized spacial score (nSPS) is 24.9. The van der Waals surface area contributed by atoms with E-state index in [2.05, 4.69) is 0 Å². The zero-order valence-electron chi connectivity index (χ0n) is 12.4. The summed E-state index contributed by atoms with van der Waals surface area (Å²) < 4.78 is 5.25. The van der Waals surface area contributed by atoms with Gasteiger partial charge in [-0.3, -0.25) is 4.79 Å². The zero-order chi connectivity index (χ0) is 14.8. The molecule has 1 saturated carbocycles. The van der Waals surface area contributed by atoms with Crippen molar-refractivity contribution in [3.05, 3.63) is 29.8 Å². The second-order valence-electron chi connectivity index (χ2n) is 5.35. The third-order valence-electron chi connectivity index (χ3n) is 4.25. The van der Waals surface area contributed by atoms with Gasteiger partial charge in [0, 0.05) is 13.1 Å². The number of hydrogen-bond acceptors (Lipinski definition) is 3. The van der Waals surface area contributed by atoms with Crippen molar-refractivity contribution in [2.75, 3.05) is 20.2 Å². The number of ether oxygens (including phenoxy) is 1. The molecule has 1 aliphatic carbocycles. The maximum absolute atomic E-state index is 12.8. The van der Waals surface area contributed by atoms with Gasteiger partial charge in [-0.25, -0.2) is 0 Å². The Hall–Kier alpha value is -1.55. The Morgan fingerprint density at radius 1 is 1.40 bits per heavy atom. The lowest BCUT2D eigenvalue weighted by Gasteiger charge is -2.46. The van der Waals surface area contributed by atoms with Crippen molar-refractivity contribution in [1.29, 1.82) is 0 Å². The first-order valence-corrected chi connectivity index (χ1v) is 7.19. The molecule has 0 saturated heterocycles. The Morgan fingerprint density at radius 2 is 2.05 bits per heavy atom. The van der Waals surface area contributed by atoms with E-state index in [1.54, 1.807) is 7.11 Å². The number of amides is 1. The number of aliphatic hydroxyl groups is 1. The molecule has 1 aromatic rings. The maximum Gasteiger partial charge on any atom is 0.233 e. The lowest BCUT2D eigenvalue weighted by molar-refractivity contribution is -0.145. The highest BCUT2D eigenvalue weighted by Crippen LogP contribution is 2.46. The van der Waals surface area contributed by atoms with Gasteiger partial charge < -0.3 is 14.7 Å². The van der Waals surface area contributed by atoms with Crippen molar-refractivity contribution in [3.8, 4) is 5.75 Å². The minimum absolute atomic E-state index is 0.112. The molecule has 0 aliphatic heterocycles. The van der Waals surface area contributed by atoms with Gasteiger partial charge in [-0.1, -0.05) is 12.1 Å². The maximum atomic E-state index is 12.8. The van der Waals surface area contributed by atoms with Crippen LogP contribution in [0.15, 0.2) is 24.3 Å². The molecule has 0 aromatic heterocycles. The molecule has 0 atom stereocenters. The largest absolute Gasteiger partial charge is 0.497 e. The number of carbonyl (C=O) groups is 1. The molecular weight excluding hydrogens is 254 g/mol. The molecule has 110 valence electrons. The predicted octanol–water partition coefficient (Wildman–Crippen LogP) is 1.96. The van der Waals surface area contributed by atoms with Crippen LogP contribution in [-0.4, -0.2) is 42.2 Å². The number of methoxy groups -OCH3 is 1. The van der Waals surface area contributed by atoms with Crippen LogP contribution in [0.4, 0.5) is 0 Å². The highest BCUT2D eigenvalue weighted by atomic mass is 16.5. The number of benzene rings is 1. The molecule has 0 spiro atoms. The van der Waals surface area contributed by atoms with E-state index < -0.39 is 5.41 Å². The number of hydrogen-bond donors (Lipinski definition) is 1. The first-order valence-electron chi connectivity index (χ1n) is 7.19. The summed E-state index contributed by atoms with van der Waals surface area (Å²) in [5, 5.41) is 9.75. The van der Waals surface area contributed by atoms with Gasteiger partial charge >= 0.3 is 0 Å². The van der Waals surface area contributed by atoms with Crippen molar-refractivity contribution in [1.82, 2.24) is 4.90 Å². The second kappa shape index (κ2) is 5.83. The summed E-state index contributed by atoms with van der Waals surface area (Å²) in [5.41, 5.74) is 0.360. The van der Waals surface area contributed by atoms with Gasteiger partial charge in [-0.15, -0.1) is 0 Å². The first-order chi connectivity index (χ1) is 9.57. The standard InChI is InChI=1S/C16H23NO3/c1-4-17(5-2)15(19)16(10-13(18)11-16)12-7-6-8-14(9-12)20-3/h6-9,13,18H,4-5,10-11H2,1-3H3. The van der Waals surface area contributed by atoms with E-state index in [1.807, 2.05) is 43.0 Å². The SMILES string of the molecule is CCN(CC)C(=O)C1(c2cccc(OC)c2)CC(O)C1. The van der Waals surface area contributed by atoms with Crippen molar-refractivity contribution >= 4 is 5.91 Å². The first kappa shape index (κ1) is 14.9. The van der Waals surface area contributed by atoms with Crippen LogP contribution in [0.3, 0.4) is 0 Å². The molecule has 1 aromatic carbocycles. The van der Waals surface area contributed by atoms with Crippen molar-refractivity contribution in [3.63, 3.8) is 0 Å². The second-order valence-corrected chi connectivity index (χ2v) is 5.35. The minimum atomic E-state index is -0.583. The van der Waals surface area contributed by atoms with Crippen LogP contribution in [0, 0.1) is 0 Å². The zero-order valence-corrected chi connectivity index (χ0v) is 12.4. The summed E-state index contributed by atoms with van der Waals surface area (Å²) in [4.78, 5) is 14.7. The number of rotatable bonds is 5. The number of nitrogens with zero attached hydrogens (tertiary/aromatic N) is 1. The molecular formula is C16H23NO3. The fourth-order valence-electron chi connectivity index (χ4n) is 3.01. The third-order valence-corrected chi connectivity index (χ3v) is 4.25. The summed E-state index contributed by atoms with van der Waals surface area (Å²) in [6.07, 6.45) is 0.603. The van der Waals surface area contributed by atoms with Gasteiger partial charge in [-0.2, -0.15) is 0 Å². The van der Waals surface area contributed by atoms with Crippen LogP contribution in [0.5, 0.6) is 5.75 Å². The van der Waals surface area contributed by atoms with E-state index in [0.29, 0.717) is 25.9 Å². The average Bonchev–Trinajstić information content (AvgIpc) is 2.44. The van der Waals surface area contributed by atoms with E-state index in [0.717, 1.165) is 11.3 Å². The fourth-order valence-corrected chi connectivity index (χ4v) is 3.01. The van der Waals surface area contributed by atoms with Crippen LogP contribution in [0.1, 0.15) is 32.3 Å². The molecule has 1 N–H and O–H groups in total. The third kappa shape index (κ3) is 2.40. The molecule has 4 heteroatoms. The monoisotopic (exact) mass is 277 g/mol. The molecule has 2 rings (SSSR count). The lowest BCUT2D eigenvalue weighted by Crippen LogP contribution is -2.56. The van der Waals surface area contributed by atoms with Crippen molar-refractivity contribution < 1.29 is 14.6 Å². The Balaban J connectivity index is 2.37. The van der Waals surface area contributed by atoms with Crippen LogP contribution < -0.4 is 4.74 Å². The molecule has 1 aliphatic rings. The van der Waals surface area contributed by atoms with Crippen molar-refractivity contribution in [2.24, 2.45) is 0 Å². The Kier molecular flexibility index (Phi) is 4.33. The number of aliphatic hydroxyl groups excluding tert-OH is 1. The summed E-state index contributed by atoms with van der Waals surface area (Å²) in [7, 11) is 1.62. The smallest absolute Gasteiger partial charge is 0.233 e. The molecule has 0 heterocycles. The Labute approximate surface area is 120 Å². The van der Waals surface area contributed by atoms with E-state index >= 15 is 0 Å². The van der Waals surface area contributed by atoms with E-state index in [4.69, 9.17) is 4.74 Å². The minimum Gasteiger partial charge on any atom is -0.497 e. The van der Waals surface area contributed by atoms with Gasteiger partial charge in [-0.05, 0) is 44.4 Å². The summed E-state index contributed by atoms with van der Waals surface area (Å²) in [6.45, 7) is 5.35. The van der Waals surface area contributed by atoms with Gasteiger partial charge in [0.1, 0.15) is 5.75 Å². The average molecular weight is 277 g/mol. The number of likely N-dealkylation sites (N-methyl/N-ethyl adjacent to an activating group) is 1. The summed E-state index contributed by atoms with van der Waals surface area (Å²) in [6, 6.07) is 7.63.